The van der Waals surface area contributed by atoms with Crippen molar-refractivity contribution in [3.8, 4) is 0 Å². The number of nitrogens with zero attached hydrogens (tertiary/aromatic N) is 3. The summed E-state index contributed by atoms with van der Waals surface area (Å²) in [7, 11) is 1.66. The average Bonchev–Trinajstić information content (AvgIpc) is 2.72. The highest BCUT2D eigenvalue weighted by Crippen LogP contribution is 2.29. The van der Waals surface area contributed by atoms with E-state index in [2.05, 4.69) is 4.98 Å². The number of hydrogen-bond donors (Lipinski definition) is 0. The van der Waals surface area contributed by atoms with Gasteiger partial charge in [0.25, 0.3) is 5.91 Å². The molecule has 0 bridgehead atoms. The summed E-state index contributed by atoms with van der Waals surface area (Å²) in [6.45, 7) is 4.91. The van der Waals surface area contributed by atoms with Crippen LogP contribution in [0.2, 0.25) is 0 Å². The highest BCUT2D eigenvalue weighted by molar-refractivity contribution is 5.94. The molecule has 6 heteroatoms. The zero-order chi connectivity index (χ0) is 19.1. The number of ether oxygens (including phenoxy) is 2. The molecule has 1 aliphatic heterocycles. The molecule has 2 heterocycles. The standard InChI is InChI=1S/C21H27N3O3/c1-16-22-13-19(15-27-12-11-26-2)20(23-16)18-9-6-10-24(14-18)21(25)17-7-4-3-5-8-17/h3-5,7-8,13,18H,6,9-12,14-15H2,1-2H3. The number of likely N-dealkylation sites (tertiary alicyclic amines) is 1. The number of rotatable bonds is 7. The molecule has 1 aliphatic rings. The topological polar surface area (TPSA) is 64.6 Å². The van der Waals surface area contributed by atoms with Crippen LogP contribution in [0.25, 0.3) is 0 Å². The lowest BCUT2D eigenvalue weighted by Crippen LogP contribution is -2.39. The third-order valence-electron chi connectivity index (χ3n) is 4.82. The van der Waals surface area contributed by atoms with E-state index in [0.29, 0.717) is 26.4 Å². The number of carbonyl (C=O) groups is 1. The predicted molar refractivity (Wildman–Crippen MR) is 103 cm³/mol. The Hall–Kier alpha value is -2.31. The average molecular weight is 369 g/mol. The van der Waals surface area contributed by atoms with Crippen LogP contribution in [0, 0.1) is 6.92 Å². The van der Waals surface area contributed by atoms with Gasteiger partial charge in [0.15, 0.2) is 0 Å². The summed E-state index contributed by atoms with van der Waals surface area (Å²) in [6, 6.07) is 9.47. The van der Waals surface area contributed by atoms with Gasteiger partial charge in [-0.25, -0.2) is 9.97 Å². The molecule has 1 fully saturated rings. The van der Waals surface area contributed by atoms with Gasteiger partial charge in [0.05, 0.1) is 25.5 Å². The van der Waals surface area contributed by atoms with Gasteiger partial charge in [-0.3, -0.25) is 4.79 Å². The number of benzene rings is 1. The summed E-state index contributed by atoms with van der Waals surface area (Å²) in [5, 5.41) is 0. The van der Waals surface area contributed by atoms with Gasteiger partial charge < -0.3 is 14.4 Å². The van der Waals surface area contributed by atoms with Gasteiger partial charge in [-0.2, -0.15) is 0 Å². The number of amides is 1. The van der Waals surface area contributed by atoms with Crippen LogP contribution >= 0.6 is 0 Å². The molecule has 27 heavy (non-hydrogen) atoms. The molecule has 6 nitrogen and oxygen atoms in total. The minimum atomic E-state index is 0.0870. The van der Waals surface area contributed by atoms with Gasteiger partial charge in [-0.15, -0.1) is 0 Å². The van der Waals surface area contributed by atoms with Gasteiger partial charge in [-0.05, 0) is 31.9 Å². The quantitative estimate of drug-likeness (QED) is 0.702. The van der Waals surface area contributed by atoms with Crippen molar-refractivity contribution in [2.75, 3.05) is 33.4 Å². The molecule has 3 rings (SSSR count). The smallest absolute Gasteiger partial charge is 0.253 e. The summed E-state index contributed by atoms with van der Waals surface area (Å²) >= 11 is 0. The lowest BCUT2D eigenvalue weighted by atomic mass is 9.91. The molecule has 1 saturated heterocycles. The van der Waals surface area contributed by atoms with Gasteiger partial charge in [-0.1, -0.05) is 18.2 Å². The molecule has 1 unspecified atom stereocenters. The van der Waals surface area contributed by atoms with Crippen molar-refractivity contribution in [1.29, 1.82) is 0 Å². The van der Waals surface area contributed by atoms with Crippen LogP contribution in [0.15, 0.2) is 36.5 Å². The summed E-state index contributed by atoms with van der Waals surface area (Å²) < 4.78 is 10.7. The number of aromatic nitrogens is 2. The summed E-state index contributed by atoms with van der Waals surface area (Å²) in [4.78, 5) is 23.8. The predicted octanol–water partition coefficient (Wildman–Crippen LogP) is 2.97. The van der Waals surface area contributed by atoms with Crippen LogP contribution in [-0.2, 0) is 16.1 Å². The van der Waals surface area contributed by atoms with Crippen molar-refractivity contribution in [3.63, 3.8) is 0 Å². The second-order valence-electron chi connectivity index (χ2n) is 6.83. The Morgan fingerprint density at radius 2 is 2.07 bits per heavy atom. The van der Waals surface area contributed by atoms with Crippen LogP contribution in [0.4, 0.5) is 0 Å². The molecule has 0 N–H and O–H groups in total. The van der Waals surface area contributed by atoms with E-state index in [4.69, 9.17) is 14.5 Å². The molecule has 1 aromatic carbocycles. The molecule has 0 aliphatic carbocycles. The second-order valence-corrected chi connectivity index (χ2v) is 6.83. The molecular formula is C21H27N3O3. The largest absolute Gasteiger partial charge is 0.382 e. The highest BCUT2D eigenvalue weighted by Gasteiger charge is 2.28. The Bertz CT molecular complexity index is 752. The molecule has 0 spiro atoms. The minimum absolute atomic E-state index is 0.0870. The van der Waals surface area contributed by atoms with Gasteiger partial charge >= 0.3 is 0 Å². The Morgan fingerprint density at radius 3 is 2.85 bits per heavy atom. The normalized spacial score (nSPS) is 17.1. The molecule has 1 amide bonds. The van der Waals surface area contributed by atoms with E-state index in [-0.39, 0.29) is 11.8 Å². The van der Waals surface area contributed by atoms with Gasteiger partial charge in [0, 0.05) is 43.4 Å². The fraction of sp³-hybridized carbons (Fsp3) is 0.476. The number of methoxy groups -OCH3 is 1. The fourth-order valence-corrected chi connectivity index (χ4v) is 3.45. The Morgan fingerprint density at radius 1 is 1.26 bits per heavy atom. The van der Waals surface area contributed by atoms with Crippen molar-refractivity contribution in [2.24, 2.45) is 0 Å². The molecule has 0 saturated carbocycles. The zero-order valence-electron chi connectivity index (χ0n) is 16.1. The Labute approximate surface area is 160 Å². The van der Waals surface area contributed by atoms with E-state index in [0.717, 1.165) is 42.0 Å². The second kappa shape index (κ2) is 9.58. The van der Waals surface area contributed by atoms with Gasteiger partial charge in [0.2, 0.25) is 0 Å². The molecule has 0 radical (unpaired) electrons. The Balaban J connectivity index is 1.73. The maximum atomic E-state index is 12.8. The van der Waals surface area contributed by atoms with Crippen molar-refractivity contribution in [2.45, 2.75) is 32.3 Å². The number of piperidine rings is 1. The van der Waals surface area contributed by atoms with E-state index >= 15 is 0 Å². The van der Waals surface area contributed by atoms with Gasteiger partial charge in [0.1, 0.15) is 5.82 Å². The van der Waals surface area contributed by atoms with Crippen molar-refractivity contribution in [3.05, 3.63) is 59.2 Å². The zero-order valence-corrected chi connectivity index (χ0v) is 16.1. The number of aryl methyl sites for hydroxylation is 1. The van der Waals surface area contributed by atoms with Crippen LogP contribution in [0.1, 0.15) is 46.2 Å². The van der Waals surface area contributed by atoms with Crippen molar-refractivity contribution >= 4 is 5.91 Å². The molecular weight excluding hydrogens is 342 g/mol. The van der Waals surface area contributed by atoms with Crippen LogP contribution < -0.4 is 0 Å². The van der Waals surface area contributed by atoms with Crippen molar-refractivity contribution in [1.82, 2.24) is 14.9 Å². The SMILES string of the molecule is COCCOCc1cnc(C)nc1C1CCCN(C(=O)c2ccccc2)C1. The minimum Gasteiger partial charge on any atom is -0.382 e. The molecule has 2 aromatic rings. The summed E-state index contributed by atoms with van der Waals surface area (Å²) in [5.41, 5.74) is 2.74. The van der Waals surface area contributed by atoms with Crippen molar-refractivity contribution < 1.29 is 14.3 Å². The first-order valence-electron chi connectivity index (χ1n) is 9.42. The molecule has 1 aromatic heterocycles. The molecule has 1 atom stereocenters. The lowest BCUT2D eigenvalue weighted by Gasteiger charge is -2.33. The first kappa shape index (κ1) is 19.5. The summed E-state index contributed by atoms with van der Waals surface area (Å²) in [5.74, 6) is 1.04. The highest BCUT2D eigenvalue weighted by atomic mass is 16.5. The van der Waals surface area contributed by atoms with E-state index in [9.17, 15) is 4.79 Å². The van der Waals surface area contributed by atoms with E-state index in [1.54, 1.807) is 7.11 Å². The maximum absolute atomic E-state index is 12.8. The van der Waals surface area contributed by atoms with Crippen LogP contribution in [-0.4, -0.2) is 54.2 Å². The summed E-state index contributed by atoms with van der Waals surface area (Å²) in [6.07, 6.45) is 3.83. The number of hydrogen-bond acceptors (Lipinski definition) is 5. The fourth-order valence-electron chi connectivity index (χ4n) is 3.45. The third kappa shape index (κ3) is 5.11. The van der Waals surface area contributed by atoms with Crippen LogP contribution in [0.5, 0.6) is 0 Å². The van der Waals surface area contributed by atoms with E-state index < -0.39 is 0 Å². The molecule has 144 valence electrons. The maximum Gasteiger partial charge on any atom is 0.253 e. The van der Waals surface area contributed by atoms with E-state index in [1.807, 2.05) is 48.4 Å². The third-order valence-corrected chi connectivity index (χ3v) is 4.82. The first-order chi connectivity index (χ1) is 13.2. The van der Waals surface area contributed by atoms with E-state index in [1.165, 1.54) is 0 Å². The first-order valence-corrected chi connectivity index (χ1v) is 9.42. The lowest BCUT2D eigenvalue weighted by molar-refractivity contribution is 0.0602. The number of carbonyl (C=O) groups excluding carboxylic acids is 1. The van der Waals surface area contributed by atoms with Crippen LogP contribution in [0.3, 0.4) is 0 Å². The monoisotopic (exact) mass is 369 g/mol. The Kier molecular flexibility index (Phi) is 6.90.